The van der Waals surface area contributed by atoms with Gasteiger partial charge in [0.15, 0.2) is 0 Å². The molecule has 1 aliphatic rings. The van der Waals surface area contributed by atoms with Crippen LogP contribution in [0.4, 0.5) is 0 Å². The number of nitrogens with two attached hydrogens (primary N) is 2. The van der Waals surface area contributed by atoms with Crippen LogP contribution in [0.1, 0.15) is 32.6 Å². The molecule has 0 radical (unpaired) electrons. The summed E-state index contributed by atoms with van der Waals surface area (Å²) in [5, 5.41) is 2.76. The van der Waals surface area contributed by atoms with Gasteiger partial charge < -0.3 is 16.8 Å². The minimum atomic E-state index is -0.814. The lowest BCUT2D eigenvalue weighted by Gasteiger charge is -2.38. The van der Waals surface area contributed by atoms with Gasteiger partial charge in [-0.1, -0.05) is 13.3 Å². The summed E-state index contributed by atoms with van der Waals surface area (Å²) >= 11 is 0. The van der Waals surface area contributed by atoms with E-state index in [9.17, 15) is 9.59 Å². The molecular formula is C10H20ClN3O2. The molecule has 5 nitrogen and oxygen atoms in total. The van der Waals surface area contributed by atoms with E-state index in [1.165, 1.54) is 6.42 Å². The number of halogens is 1. The Labute approximate surface area is 102 Å². The molecule has 1 unspecified atom stereocenters. The van der Waals surface area contributed by atoms with Crippen molar-refractivity contribution >= 4 is 24.2 Å². The van der Waals surface area contributed by atoms with E-state index in [0.29, 0.717) is 6.54 Å². The molecule has 0 saturated heterocycles. The number of carbonyl (C=O) groups excluding carboxylic acids is 2. The van der Waals surface area contributed by atoms with Crippen molar-refractivity contribution < 1.29 is 9.59 Å². The van der Waals surface area contributed by atoms with Crippen molar-refractivity contribution in [3.63, 3.8) is 0 Å². The number of amides is 2. The Balaban J connectivity index is 0.00000225. The average molecular weight is 250 g/mol. The van der Waals surface area contributed by atoms with Crippen molar-refractivity contribution in [2.24, 2.45) is 16.9 Å². The highest BCUT2D eigenvalue weighted by atomic mass is 35.5. The standard InChI is InChI=1S/C10H19N3O2.ClH/c1-10(3-2-4-10)6-13-9(15)7(11)5-8(12)14;/h7H,2-6,11H2,1H3,(H2,12,14)(H,13,15);1H. The summed E-state index contributed by atoms with van der Waals surface area (Å²) in [7, 11) is 0. The van der Waals surface area contributed by atoms with Gasteiger partial charge in [-0.05, 0) is 18.3 Å². The number of rotatable bonds is 5. The second-order valence-electron chi connectivity index (χ2n) is 4.66. The Hall–Kier alpha value is -0.810. The first-order valence-electron chi connectivity index (χ1n) is 5.24. The smallest absolute Gasteiger partial charge is 0.237 e. The first kappa shape index (κ1) is 15.2. The fourth-order valence-electron chi connectivity index (χ4n) is 1.70. The van der Waals surface area contributed by atoms with Crippen LogP contribution in [0.25, 0.3) is 0 Å². The van der Waals surface area contributed by atoms with Gasteiger partial charge >= 0.3 is 0 Å². The lowest BCUT2D eigenvalue weighted by atomic mass is 9.70. The predicted octanol–water partition coefficient (Wildman–Crippen LogP) is -0.0827. The molecule has 0 aromatic heterocycles. The summed E-state index contributed by atoms with van der Waals surface area (Å²) in [6.07, 6.45) is 3.40. The summed E-state index contributed by atoms with van der Waals surface area (Å²) in [5.74, 6) is -0.838. The monoisotopic (exact) mass is 249 g/mol. The van der Waals surface area contributed by atoms with Crippen molar-refractivity contribution in [1.29, 1.82) is 0 Å². The van der Waals surface area contributed by atoms with Crippen LogP contribution in [0.5, 0.6) is 0 Å². The van der Waals surface area contributed by atoms with Crippen LogP contribution in [0.2, 0.25) is 0 Å². The van der Waals surface area contributed by atoms with Crippen LogP contribution in [-0.4, -0.2) is 24.4 Å². The van der Waals surface area contributed by atoms with Gasteiger partial charge in [-0.25, -0.2) is 0 Å². The Morgan fingerprint density at radius 1 is 1.44 bits per heavy atom. The average Bonchev–Trinajstić information content (AvgIpc) is 2.10. The molecule has 2 amide bonds. The maximum Gasteiger partial charge on any atom is 0.237 e. The Bertz CT molecular complexity index is 267. The molecule has 16 heavy (non-hydrogen) atoms. The van der Waals surface area contributed by atoms with Crippen LogP contribution in [-0.2, 0) is 9.59 Å². The van der Waals surface area contributed by atoms with Crippen LogP contribution in [0, 0.1) is 5.41 Å². The molecule has 5 N–H and O–H groups in total. The van der Waals surface area contributed by atoms with Crippen LogP contribution >= 0.6 is 12.4 Å². The third kappa shape index (κ3) is 4.37. The number of primary amides is 1. The Morgan fingerprint density at radius 2 is 2.00 bits per heavy atom. The van der Waals surface area contributed by atoms with Crippen molar-refractivity contribution in [3.8, 4) is 0 Å². The van der Waals surface area contributed by atoms with Gasteiger partial charge in [-0.3, -0.25) is 9.59 Å². The minimum absolute atomic E-state index is 0. The first-order valence-corrected chi connectivity index (χ1v) is 5.24. The SMILES string of the molecule is CC1(CNC(=O)C(N)CC(N)=O)CCC1.Cl. The van der Waals surface area contributed by atoms with E-state index in [2.05, 4.69) is 12.2 Å². The zero-order chi connectivity index (χ0) is 11.5. The van der Waals surface area contributed by atoms with E-state index in [0.717, 1.165) is 12.8 Å². The molecule has 6 heteroatoms. The number of carbonyl (C=O) groups is 2. The summed E-state index contributed by atoms with van der Waals surface area (Å²) in [6, 6.07) is -0.814. The molecule has 1 rings (SSSR count). The van der Waals surface area contributed by atoms with E-state index in [4.69, 9.17) is 11.5 Å². The summed E-state index contributed by atoms with van der Waals surface area (Å²) in [4.78, 5) is 22.0. The molecule has 0 bridgehead atoms. The van der Waals surface area contributed by atoms with Crippen molar-refractivity contribution in [2.45, 2.75) is 38.6 Å². The third-order valence-corrected chi connectivity index (χ3v) is 3.01. The highest BCUT2D eigenvalue weighted by Gasteiger charge is 2.32. The maximum absolute atomic E-state index is 11.4. The topological polar surface area (TPSA) is 98.2 Å². The first-order chi connectivity index (χ1) is 6.93. The van der Waals surface area contributed by atoms with Gasteiger partial charge in [-0.15, -0.1) is 12.4 Å². The van der Waals surface area contributed by atoms with Crippen LogP contribution < -0.4 is 16.8 Å². The molecule has 1 saturated carbocycles. The second-order valence-corrected chi connectivity index (χ2v) is 4.66. The maximum atomic E-state index is 11.4. The van der Waals surface area contributed by atoms with E-state index in [-0.39, 0.29) is 30.2 Å². The van der Waals surface area contributed by atoms with E-state index in [1.807, 2.05) is 0 Å². The molecule has 0 heterocycles. The molecule has 1 atom stereocenters. The molecule has 0 spiro atoms. The quantitative estimate of drug-likeness (QED) is 0.635. The van der Waals surface area contributed by atoms with Crippen molar-refractivity contribution in [3.05, 3.63) is 0 Å². The van der Waals surface area contributed by atoms with Gasteiger partial charge in [0.2, 0.25) is 11.8 Å². The number of hydrogen-bond donors (Lipinski definition) is 3. The molecular weight excluding hydrogens is 230 g/mol. The highest BCUT2D eigenvalue weighted by Crippen LogP contribution is 2.39. The summed E-state index contributed by atoms with van der Waals surface area (Å²) in [6.45, 7) is 2.77. The zero-order valence-corrected chi connectivity index (χ0v) is 10.3. The molecule has 0 aromatic rings. The fourth-order valence-corrected chi connectivity index (χ4v) is 1.70. The fraction of sp³-hybridized carbons (Fsp3) is 0.800. The predicted molar refractivity (Wildman–Crippen MR) is 64.0 cm³/mol. The summed E-state index contributed by atoms with van der Waals surface area (Å²) in [5.41, 5.74) is 10.7. The van der Waals surface area contributed by atoms with Crippen molar-refractivity contribution in [1.82, 2.24) is 5.32 Å². The second kappa shape index (κ2) is 6.06. The largest absolute Gasteiger partial charge is 0.370 e. The van der Waals surface area contributed by atoms with Gasteiger partial charge in [0.05, 0.1) is 12.5 Å². The van der Waals surface area contributed by atoms with Gasteiger partial charge in [0, 0.05) is 6.54 Å². The van der Waals surface area contributed by atoms with Gasteiger partial charge in [-0.2, -0.15) is 0 Å². The molecule has 0 aliphatic heterocycles. The Kier molecular flexibility index (Phi) is 5.75. The van der Waals surface area contributed by atoms with E-state index in [1.54, 1.807) is 0 Å². The number of nitrogens with one attached hydrogen (secondary N) is 1. The lowest BCUT2D eigenvalue weighted by molar-refractivity contribution is -0.126. The third-order valence-electron chi connectivity index (χ3n) is 3.01. The van der Waals surface area contributed by atoms with Gasteiger partial charge in [0.1, 0.15) is 0 Å². The molecule has 1 fully saturated rings. The van der Waals surface area contributed by atoms with E-state index >= 15 is 0 Å². The van der Waals surface area contributed by atoms with E-state index < -0.39 is 11.9 Å². The molecule has 1 aliphatic carbocycles. The molecule has 0 aromatic carbocycles. The molecule has 94 valence electrons. The zero-order valence-electron chi connectivity index (χ0n) is 9.49. The van der Waals surface area contributed by atoms with Crippen LogP contribution in [0.3, 0.4) is 0 Å². The highest BCUT2D eigenvalue weighted by molar-refractivity contribution is 5.87. The Morgan fingerprint density at radius 3 is 2.38 bits per heavy atom. The van der Waals surface area contributed by atoms with Gasteiger partial charge in [0.25, 0.3) is 0 Å². The number of hydrogen-bond acceptors (Lipinski definition) is 3. The minimum Gasteiger partial charge on any atom is -0.370 e. The normalized spacial score (nSPS) is 18.9. The summed E-state index contributed by atoms with van der Waals surface area (Å²) < 4.78 is 0. The lowest BCUT2D eigenvalue weighted by Crippen LogP contribution is -2.47. The van der Waals surface area contributed by atoms with Crippen LogP contribution in [0.15, 0.2) is 0 Å². The van der Waals surface area contributed by atoms with Crippen molar-refractivity contribution in [2.75, 3.05) is 6.54 Å².